The molecule has 4 nitrogen and oxygen atoms in total. The Kier molecular flexibility index (Phi) is 5.16. The molecule has 0 saturated carbocycles. The number of amides is 1. The highest BCUT2D eigenvalue weighted by molar-refractivity contribution is 6.06. The second-order valence-corrected chi connectivity index (χ2v) is 5.43. The quantitative estimate of drug-likeness (QED) is 0.661. The molecule has 1 amide bonds. The van der Waals surface area contributed by atoms with Crippen LogP contribution in [0.1, 0.15) is 16.7 Å². The summed E-state index contributed by atoms with van der Waals surface area (Å²) in [6, 6.07) is 15.2. The zero-order valence-electron chi connectivity index (χ0n) is 13.5. The molecule has 0 radical (unpaired) electrons. The monoisotopic (exact) mass is 305 g/mol. The minimum absolute atomic E-state index is 0.0174. The lowest BCUT2D eigenvalue weighted by molar-refractivity contribution is -0.112. The van der Waals surface area contributed by atoms with E-state index in [9.17, 15) is 10.1 Å². The van der Waals surface area contributed by atoms with Gasteiger partial charge in [0.25, 0.3) is 5.91 Å². The van der Waals surface area contributed by atoms with Crippen LogP contribution in [0.25, 0.3) is 0 Å². The smallest absolute Gasteiger partial charge is 0.267 e. The molecule has 0 heterocycles. The van der Waals surface area contributed by atoms with Crippen molar-refractivity contribution in [2.24, 2.45) is 0 Å². The summed E-state index contributed by atoms with van der Waals surface area (Å²) in [6.07, 6.45) is 1.42. The van der Waals surface area contributed by atoms with Gasteiger partial charge in [0.2, 0.25) is 0 Å². The Hall–Kier alpha value is -3.06. The molecule has 0 unspecified atom stereocenters. The lowest BCUT2D eigenvalue weighted by Crippen LogP contribution is -2.14. The van der Waals surface area contributed by atoms with Crippen LogP contribution in [0.5, 0.6) is 0 Å². The number of nitriles is 1. The summed E-state index contributed by atoms with van der Waals surface area (Å²) in [7, 11) is 0. The van der Waals surface area contributed by atoms with E-state index in [1.165, 1.54) is 11.8 Å². The van der Waals surface area contributed by atoms with Crippen molar-refractivity contribution < 1.29 is 4.79 Å². The van der Waals surface area contributed by atoms with E-state index in [2.05, 4.69) is 10.6 Å². The molecule has 2 aromatic carbocycles. The number of hydrogen-bond acceptors (Lipinski definition) is 3. The molecule has 23 heavy (non-hydrogen) atoms. The summed E-state index contributed by atoms with van der Waals surface area (Å²) in [6.45, 7) is 6.02. The number of carbonyl (C=O) groups excluding carboxylic acids is 1. The average Bonchev–Trinajstić information content (AvgIpc) is 2.53. The fourth-order valence-corrected chi connectivity index (χ4v) is 1.97. The standard InChI is InChI=1S/C19H19N3O/c1-13-4-7-17(8-5-13)22-19(23)16(11-20)12-21-18-9-6-14(2)15(3)10-18/h4-10,12,21H,1-3H3,(H,22,23)/b16-12-. The van der Waals surface area contributed by atoms with Gasteiger partial charge in [0.05, 0.1) is 0 Å². The first-order valence-electron chi connectivity index (χ1n) is 7.31. The molecular weight excluding hydrogens is 286 g/mol. The van der Waals surface area contributed by atoms with E-state index >= 15 is 0 Å². The van der Waals surface area contributed by atoms with Crippen LogP contribution in [0, 0.1) is 32.1 Å². The Morgan fingerprint density at radius 1 is 1.00 bits per heavy atom. The van der Waals surface area contributed by atoms with Crippen molar-refractivity contribution >= 4 is 17.3 Å². The van der Waals surface area contributed by atoms with Gasteiger partial charge < -0.3 is 10.6 Å². The molecular formula is C19H19N3O. The molecule has 0 aromatic heterocycles. The minimum atomic E-state index is -0.437. The molecule has 0 aliphatic carbocycles. The highest BCUT2D eigenvalue weighted by Gasteiger charge is 2.09. The van der Waals surface area contributed by atoms with Crippen LogP contribution in [0.3, 0.4) is 0 Å². The minimum Gasteiger partial charge on any atom is -0.360 e. The number of anilines is 2. The summed E-state index contributed by atoms with van der Waals surface area (Å²) in [4.78, 5) is 12.1. The number of aryl methyl sites for hydroxylation is 3. The summed E-state index contributed by atoms with van der Waals surface area (Å²) >= 11 is 0. The van der Waals surface area contributed by atoms with E-state index in [0.717, 1.165) is 16.8 Å². The first-order chi connectivity index (χ1) is 11.0. The fraction of sp³-hybridized carbons (Fsp3) is 0.158. The van der Waals surface area contributed by atoms with Crippen LogP contribution < -0.4 is 10.6 Å². The molecule has 2 rings (SSSR count). The fourth-order valence-electron chi connectivity index (χ4n) is 1.97. The Labute approximate surface area is 136 Å². The molecule has 2 aromatic rings. The van der Waals surface area contributed by atoms with Gasteiger partial charge in [0.15, 0.2) is 0 Å². The van der Waals surface area contributed by atoms with Gasteiger partial charge in [0.1, 0.15) is 11.6 Å². The number of hydrogen-bond donors (Lipinski definition) is 2. The molecule has 116 valence electrons. The number of benzene rings is 2. The number of nitrogens with one attached hydrogen (secondary N) is 2. The third-order valence-electron chi connectivity index (χ3n) is 3.56. The normalized spacial score (nSPS) is 10.8. The van der Waals surface area contributed by atoms with Crippen molar-refractivity contribution in [2.45, 2.75) is 20.8 Å². The summed E-state index contributed by atoms with van der Waals surface area (Å²) in [5.74, 6) is -0.437. The van der Waals surface area contributed by atoms with E-state index in [-0.39, 0.29) is 5.57 Å². The number of carbonyl (C=O) groups is 1. The van der Waals surface area contributed by atoms with E-state index in [1.54, 1.807) is 12.1 Å². The van der Waals surface area contributed by atoms with Crippen LogP contribution in [0.2, 0.25) is 0 Å². The molecule has 0 aliphatic rings. The first kappa shape index (κ1) is 16.3. The topological polar surface area (TPSA) is 64.9 Å². The van der Waals surface area contributed by atoms with Crippen LogP contribution in [-0.2, 0) is 4.79 Å². The molecule has 0 atom stereocenters. The molecule has 0 saturated heterocycles. The maximum atomic E-state index is 12.1. The highest BCUT2D eigenvalue weighted by Crippen LogP contribution is 2.15. The third-order valence-corrected chi connectivity index (χ3v) is 3.56. The number of rotatable bonds is 4. The highest BCUT2D eigenvalue weighted by atomic mass is 16.1. The van der Waals surface area contributed by atoms with Crippen molar-refractivity contribution in [3.8, 4) is 6.07 Å². The van der Waals surface area contributed by atoms with Gasteiger partial charge in [-0.1, -0.05) is 23.8 Å². The molecule has 0 spiro atoms. The summed E-state index contributed by atoms with van der Waals surface area (Å²) < 4.78 is 0. The average molecular weight is 305 g/mol. The molecule has 2 N–H and O–H groups in total. The maximum Gasteiger partial charge on any atom is 0.267 e. The Balaban J connectivity index is 2.08. The van der Waals surface area contributed by atoms with E-state index in [1.807, 2.05) is 57.2 Å². The predicted octanol–water partition coefficient (Wildman–Crippen LogP) is 4.07. The lowest BCUT2D eigenvalue weighted by atomic mass is 10.1. The molecule has 0 fully saturated rings. The van der Waals surface area contributed by atoms with Gasteiger partial charge in [-0.3, -0.25) is 4.79 Å². The van der Waals surface area contributed by atoms with Crippen molar-refractivity contribution in [3.63, 3.8) is 0 Å². The van der Waals surface area contributed by atoms with Gasteiger partial charge in [-0.2, -0.15) is 5.26 Å². The van der Waals surface area contributed by atoms with Crippen molar-refractivity contribution in [1.82, 2.24) is 0 Å². The van der Waals surface area contributed by atoms with Crippen molar-refractivity contribution in [2.75, 3.05) is 10.6 Å². The lowest BCUT2D eigenvalue weighted by Gasteiger charge is -2.07. The SMILES string of the molecule is Cc1ccc(NC(=O)/C(C#N)=C\Nc2ccc(C)c(C)c2)cc1. The molecule has 0 aliphatic heterocycles. The molecule has 4 heteroatoms. The van der Waals surface area contributed by atoms with Gasteiger partial charge in [0, 0.05) is 17.6 Å². The van der Waals surface area contributed by atoms with Gasteiger partial charge in [-0.25, -0.2) is 0 Å². The van der Waals surface area contributed by atoms with Crippen LogP contribution in [0.4, 0.5) is 11.4 Å². The summed E-state index contributed by atoms with van der Waals surface area (Å²) in [5.41, 5.74) is 4.96. The van der Waals surface area contributed by atoms with Gasteiger partial charge in [-0.05, 0) is 56.2 Å². The van der Waals surface area contributed by atoms with E-state index in [4.69, 9.17) is 0 Å². The van der Waals surface area contributed by atoms with Crippen LogP contribution >= 0.6 is 0 Å². The zero-order chi connectivity index (χ0) is 16.8. The summed E-state index contributed by atoms with van der Waals surface area (Å²) in [5, 5.41) is 14.9. The zero-order valence-corrected chi connectivity index (χ0v) is 13.5. The largest absolute Gasteiger partial charge is 0.360 e. The maximum absolute atomic E-state index is 12.1. The first-order valence-corrected chi connectivity index (χ1v) is 7.31. The second-order valence-electron chi connectivity index (χ2n) is 5.43. The van der Waals surface area contributed by atoms with Gasteiger partial charge in [-0.15, -0.1) is 0 Å². The van der Waals surface area contributed by atoms with Crippen molar-refractivity contribution in [3.05, 3.63) is 70.9 Å². The van der Waals surface area contributed by atoms with E-state index in [0.29, 0.717) is 5.69 Å². The Morgan fingerprint density at radius 2 is 1.65 bits per heavy atom. The van der Waals surface area contributed by atoms with E-state index < -0.39 is 5.91 Å². The Bertz CT molecular complexity index is 783. The Morgan fingerprint density at radius 3 is 2.26 bits per heavy atom. The van der Waals surface area contributed by atoms with Crippen LogP contribution in [-0.4, -0.2) is 5.91 Å². The second kappa shape index (κ2) is 7.28. The van der Waals surface area contributed by atoms with Gasteiger partial charge >= 0.3 is 0 Å². The predicted molar refractivity (Wildman–Crippen MR) is 93.0 cm³/mol. The van der Waals surface area contributed by atoms with Crippen LogP contribution in [0.15, 0.2) is 54.2 Å². The van der Waals surface area contributed by atoms with Crippen molar-refractivity contribution in [1.29, 1.82) is 5.26 Å². The molecule has 0 bridgehead atoms. The third kappa shape index (κ3) is 4.45. The number of nitrogens with zero attached hydrogens (tertiary/aromatic N) is 1.